The highest BCUT2D eigenvalue weighted by molar-refractivity contribution is 5.30. The maximum atomic E-state index is 5.67. The van der Waals surface area contributed by atoms with Crippen LogP contribution in [0.25, 0.3) is 0 Å². The molecule has 2 heteroatoms. The van der Waals surface area contributed by atoms with Crippen LogP contribution in [0.3, 0.4) is 0 Å². The molecule has 18 heavy (non-hydrogen) atoms. The van der Waals surface area contributed by atoms with Gasteiger partial charge in [-0.15, -0.1) is 0 Å². The van der Waals surface area contributed by atoms with E-state index in [1.165, 1.54) is 23.1 Å². The molecule has 0 fully saturated rings. The first-order valence-electron chi connectivity index (χ1n) is 6.84. The molecule has 0 saturated heterocycles. The van der Waals surface area contributed by atoms with Crippen molar-refractivity contribution in [3.63, 3.8) is 0 Å². The highest BCUT2D eigenvalue weighted by atomic mass is 15.2. The summed E-state index contributed by atoms with van der Waals surface area (Å²) in [6, 6.07) is 7.05. The maximum absolute atomic E-state index is 5.67. The molecular formula is C16H28N2. The second kappa shape index (κ2) is 6.35. The number of rotatable bonds is 5. The van der Waals surface area contributed by atoms with Crippen molar-refractivity contribution in [3.05, 3.63) is 34.9 Å². The van der Waals surface area contributed by atoms with Gasteiger partial charge in [-0.3, -0.25) is 11.3 Å². The van der Waals surface area contributed by atoms with E-state index in [9.17, 15) is 0 Å². The van der Waals surface area contributed by atoms with E-state index in [4.69, 9.17) is 5.84 Å². The van der Waals surface area contributed by atoms with Gasteiger partial charge >= 0.3 is 0 Å². The van der Waals surface area contributed by atoms with E-state index in [1.54, 1.807) is 0 Å². The Labute approximate surface area is 112 Å². The first-order chi connectivity index (χ1) is 8.31. The van der Waals surface area contributed by atoms with Gasteiger partial charge in [0.15, 0.2) is 0 Å². The Morgan fingerprint density at radius 3 is 2.33 bits per heavy atom. The summed E-state index contributed by atoms with van der Waals surface area (Å²) in [7, 11) is 0. The van der Waals surface area contributed by atoms with E-state index in [0.29, 0.717) is 11.5 Å². The molecule has 0 aliphatic rings. The molecule has 0 spiro atoms. The Bertz CT molecular complexity index is 377. The molecule has 0 radical (unpaired) electrons. The third-order valence-corrected chi connectivity index (χ3v) is 3.53. The van der Waals surface area contributed by atoms with Crippen LogP contribution in [0, 0.1) is 19.3 Å². The predicted octanol–water partition coefficient (Wildman–Crippen LogP) is 3.50. The van der Waals surface area contributed by atoms with Crippen LogP contribution in [-0.2, 0) is 6.42 Å². The Morgan fingerprint density at radius 1 is 1.17 bits per heavy atom. The number of hydrogen-bond donors (Lipinski definition) is 2. The average molecular weight is 248 g/mol. The molecule has 0 aliphatic carbocycles. The molecular weight excluding hydrogens is 220 g/mol. The van der Waals surface area contributed by atoms with Crippen molar-refractivity contribution in [1.29, 1.82) is 0 Å². The molecule has 0 saturated carbocycles. The van der Waals surface area contributed by atoms with Crippen molar-refractivity contribution in [2.24, 2.45) is 11.3 Å². The highest BCUT2D eigenvalue weighted by Gasteiger charge is 2.15. The standard InChI is InChI=1S/C16H28N2/c1-12-6-7-14(10-13(12)2)11-15(18-17)8-9-16(3,4)5/h6-7,10,15,18H,8-9,11,17H2,1-5H3. The molecule has 0 bridgehead atoms. The summed E-state index contributed by atoms with van der Waals surface area (Å²) < 4.78 is 0. The van der Waals surface area contributed by atoms with Crippen LogP contribution in [0.2, 0.25) is 0 Å². The molecule has 0 heterocycles. The number of nitrogens with one attached hydrogen (secondary N) is 1. The molecule has 1 unspecified atom stereocenters. The molecule has 1 rings (SSSR count). The third kappa shape index (κ3) is 5.19. The van der Waals surface area contributed by atoms with Crippen molar-refractivity contribution in [3.8, 4) is 0 Å². The number of benzene rings is 1. The summed E-state index contributed by atoms with van der Waals surface area (Å²) >= 11 is 0. The zero-order chi connectivity index (χ0) is 13.8. The van der Waals surface area contributed by atoms with E-state index in [-0.39, 0.29) is 0 Å². The molecule has 1 aromatic rings. The van der Waals surface area contributed by atoms with Crippen LogP contribution in [0.4, 0.5) is 0 Å². The van der Waals surface area contributed by atoms with Crippen molar-refractivity contribution in [1.82, 2.24) is 5.43 Å². The Hall–Kier alpha value is -0.860. The number of hydrazine groups is 1. The predicted molar refractivity (Wildman–Crippen MR) is 79.4 cm³/mol. The summed E-state index contributed by atoms with van der Waals surface area (Å²) in [6.45, 7) is 11.1. The van der Waals surface area contributed by atoms with Gasteiger partial charge in [0.2, 0.25) is 0 Å². The molecule has 102 valence electrons. The molecule has 0 aliphatic heterocycles. The Kier molecular flexibility index (Phi) is 5.36. The molecule has 0 aromatic heterocycles. The lowest BCUT2D eigenvalue weighted by molar-refractivity contribution is 0.330. The maximum Gasteiger partial charge on any atom is 0.0251 e. The van der Waals surface area contributed by atoms with Crippen LogP contribution < -0.4 is 11.3 Å². The lowest BCUT2D eigenvalue weighted by atomic mass is 9.87. The van der Waals surface area contributed by atoms with Crippen molar-refractivity contribution in [2.45, 2.75) is 59.9 Å². The van der Waals surface area contributed by atoms with Crippen molar-refractivity contribution in [2.75, 3.05) is 0 Å². The molecule has 1 atom stereocenters. The first kappa shape index (κ1) is 15.2. The van der Waals surface area contributed by atoms with Crippen LogP contribution in [-0.4, -0.2) is 6.04 Å². The van der Waals surface area contributed by atoms with Gasteiger partial charge in [0.1, 0.15) is 0 Å². The SMILES string of the molecule is Cc1ccc(CC(CCC(C)(C)C)NN)cc1C. The van der Waals surface area contributed by atoms with E-state index in [2.05, 4.69) is 58.2 Å². The van der Waals surface area contributed by atoms with Gasteiger partial charge in [-0.05, 0) is 55.2 Å². The van der Waals surface area contributed by atoms with Crippen molar-refractivity contribution >= 4 is 0 Å². The number of nitrogens with two attached hydrogens (primary N) is 1. The normalized spacial score (nSPS) is 13.7. The Balaban J connectivity index is 2.59. The van der Waals surface area contributed by atoms with Gasteiger partial charge in [0.25, 0.3) is 0 Å². The molecule has 3 N–H and O–H groups in total. The minimum absolute atomic E-state index is 0.367. The van der Waals surface area contributed by atoms with Crippen LogP contribution in [0.15, 0.2) is 18.2 Å². The topological polar surface area (TPSA) is 38.0 Å². The average Bonchev–Trinajstić information content (AvgIpc) is 2.28. The number of hydrogen-bond acceptors (Lipinski definition) is 2. The second-order valence-electron chi connectivity index (χ2n) is 6.59. The van der Waals surface area contributed by atoms with Gasteiger partial charge in [-0.1, -0.05) is 39.0 Å². The van der Waals surface area contributed by atoms with E-state index < -0.39 is 0 Å². The summed E-state index contributed by atoms with van der Waals surface area (Å²) in [4.78, 5) is 0. The van der Waals surface area contributed by atoms with Gasteiger partial charge in [-0.2, -0.15) is 0 Å². The summed E-state index contributed by atoms with van der Waals surface area (Å²) in [5.74, 6) is 5.67. The van der Waals surface area contributed by atoms with E-state index in [0.717, 1.165) is 12.8 Å². The number of aryl methyl sites for hydroxylation is 2. The molecule has 1 aromatic carbocycles. The third-order valence-electron chi connectivity index (χ3n) is 3.53. The minimum Gasteiger partial charge on any atom is -0.271 e. The zero-order valence-electron chi connectivity index (χ0n) is 12.5. The zero-order valence-corrected chi connectivity index (χ0v) is 12.5. The summed E-state index contributed by atoms with van der Waals surface area (Å²) in [5, 5.41) is 0. The van der Waals surface area contributed by atoms with E-state index in [1.807, 2.05) is 0 Å². The highest BCUT2D eigenvalue weighted by Crippen LogP contribution is 2.22. The van der Waals surface area contributed by atoms with Crippen molar-refractivity contribution < 1.29 is 0 Å². The fourth-order valence-corrected chi connectivity index (χ4v) is 2.07. The lowest BCUT2D eigenvalue weighted by Gasteiger charge is -2.23. The lowest BCUT2D eigenvalue weighted by Crippen LogP contribution is -2.37. The van der Waals surface area contributed by atoms with Crippen LogP contribution in [0.5, 0.6) is 0 Å². The fraction of sp³-hybridized carbons (Fsp3) is 0.625. The summed E-state index contributed by atoms with van der Waals surface area (Å²) in [5.41, 5.74) is 7.41. The van der Waals surface area contributed by atoms with Gasteiger partial charge in [0, 0.05) is 6.04 Å². The Morgan fingerprint density at radius 2 is 1.83 bits per heavy atom. The fourth-order valence-electron chi connectivity index (χ4n) is 2.07. The quantitative estimate of drug-likeness (QED) is 0.618. The summed E-state index contributed by atoms with van der Waals surface area (Å²) in [6.07, 6.45) is 3.31. The first-order valence-corrected chi connectivity index (χ1v) is 6.84. The molecule has 2 nitrogen and oxygen atoms in total. The van der Waals surface area contributed by atoms with Gasteiger partial charge in [0.05, 0.1) is 0 Å². The minimum atomic E-state index is 0.367. The monoisotopic (exact) mass is 248 g/mol. The largest absolute Gasteiger partial charge is 0.271 e. The second-order valence-corrected chi connectivity index (χ2v) is 6.59. The van der Waals surface area contributed by atoms with E-state index >= 15 is 0 Å². The smallest absolute Gasteiger partial charge is 0.0251 e. The van der Waals surface area contributed by atoms with Gasteiger partial charge in [-0.25, -0.2) is 0 Å². The van der Waals surface area contributed by atoms with Crippen LogP contribution in [0.1, 0.15) is 50.3 Å². The van der Waals surface area contributed by atoms with Gasteiger partial charge < -0.3 is 0 Å². The van der Waals surface area contributed by atoms with Crippen LogP contribution >= 0.6 is 0 Å². The molecule has 0 amide bonds.